The Morgan fingerprint density at radius 1 is 1.29 bits per heavy atom. The minimum absolute atomic E-state index is 0.105. The molecule has 0 saturated heterocycles. The lowest BCUT2D eigenvalue weighted by molar-refractivity contribution is 0.355. The van der Waals surface area contributed by atoms with Gasteiger partial charge in [-0.3, -0.25) is 0 Å². The van der Waals surface area contributed by atoms with E-state index in [-0.39, 0.29) is 12.0 Å². The maximum Gasteiger partial charge on any atom is 0.229 e. The zero-order chi connectivity index (χ0) is 10.7. The Balaban J connectivity index is 2.66. The van der Waals surface area contributed by atoms with Crippen LogP contribution in [0.5, 0.6) is 0 Å². The van der Waals surface area contributed by atoms with Crippen molar-refractivity contribution in [2.75, 3.05) is 0 Å². The highest BCUT2D eigenvalue weighted by molar-refractivity contribution is 4.95. The summed E-state index contributed by atoms with van der Waals surface area (Å²) in [4.78, 5) is 4.26. The molecule has 1 rings (SSSR count). The molecule has 0 amide bonds. The van der Waals surface area contributed by atoms with Crippen molar-refractivity contribution in [2.45, 2.75) is 46.1 Å². The molecule has 0 aliphatic rings. The Bertz CT molecular complexity index is 281. The zero-order valence-corrected chi connectivity index (χ0v) is 9.32. The Labute approximate surface area is 84.9 Å². The van der Waals surface area contributed by atoms with Crippen molar-refractivity contribution in [3.8, 4) is 0 Å². The Hall–Kier alpha value is -0.900. The van der Waals surface area contributed by atoms with Crippen molar-refractivity contribution >= 4 is 0 Å². The summed E-state index contributed by atoms with van der Waals surface area (Å²) >= 11 is 0. The van der Waals surface area contributed by atoms with Crippen LogP contribution in [0.4, 0.5) is 0 Å². The summed E-state index contributed by atoms with van der Waals surface area (Å²) < 4.78 is 5.09. The monoisotopic (exact) mass is 197 g/mol. The molecule has 14 heavy (non-hydrogen) atoms. The summed E-state index contributed by atoms with van der Waals surface area (Å²) in [6.07, 6.45) is 0.886. The maximum absolute atomic E-state index is 5.92. The third-order valence-corrected chi connectivity index (χ3v) is 2.01. The highest BCUT2D eigenvalue weighted by Crippen LogP contribution is 2.18. The molecule has 80 valence electrons. The molecule has 0 fully saturated rings. The van der Waals surface area contributed by atoms with Crippen LogP contribution >= 0.6 is 0 Å². The fourth-order valence-corrected chi connectivity index (χ4v) is 1.25. The molecule has 0 aliphatic heterocycles. The molecule has 1 atom stereocenters. The van der Waals surface area contributed by atoms with E-state index in [0.29, 0.717) is 17.6 Å². The fraction of sp³-hybridized carbons (Fsp3) is 0.800. The van der Waals surface area contributed by atoms with E-state index in [2.05, 4.69) is 24.0 Å². The van der Waals surface area contributed by atoms with Crippen molar-refractivity contribution in [3.05, 3.63) is 11.7 Å². The van der Waals surface area contributed by atoms with Gasteiger partial charge in [0.25, 0.3) is 0 Å². The zero-order valence-electron chi connectivity index (χ0n) is 9.32. The van der Waals surface area contributed by atoms with Crippen LogP contribution < -0.4 is 5.73 Å². The van der Waals surface area contributed by atoms with Gasteiger partial charge in [0.1, 0.15) is 0 Å². The standard InChI is InChI=1S/C10H19N3O/c1-6(2)5-8(11)9-12-10(7(3)4)14-13-9/h6-8H,5,11H2,1-4H3. The van der Waals surface area contributed by atoms with E-state index in [4.69, 9.17) is 10.3 Å². The van der Waals surface area contributed by atoms with E-state index in [1.54, 1.807) is 0 Å². The van der Waals surface area contributed by atoms with Crippen LogP contribution in [0.25, 0.3) is 0 Å². The normalized spacial score (nSPS) is 13.9. The summed E-state index contributed by atoms with van der Waals surface area (Å²) in [5, 5.41) is 3.88. The summed E-state index contributed by atoms with van der Waals surface area (Å²) in [6, 6.07) is -0.105. The second-order valence-electron chi connectivity index (χ2n) is 4.38. The van der Waals surface area contributed by atoms with E-state index in [1.807, 2.05) is 13.8 Å². The molecule has 2 N–H and O–H groups in total. The quantitative estimate of drug-likeness (QED) is 0.803. The van der Waals surface area contributed by atoms with E-state index in [1.165, 1.54) is 0 Å². The molecule has 1 aromatic heterocycles. The number of hydrogen-bond donors (Lipinski definition) is 1. The molecule has 0 radical (unpaired) electrons. The molecule has 0 aliphatic carbocycles. The molecule has 1 heterocycles. The van der Waals surface area contributed by atoms with Crippen LogP contribution in [0, 0.1) is 5.92 Å². The minimum atomic E-state index is -0.105. The number of hydrogen-bond acceptors (Lipinski definition) is 4. The molecule has 4 heteroatoms. The first-order valence-corrected chi connectivity index (χ1v) is 5.09. The number of nitrogens with two attached hydrogens (primary N) is 1. The Morgan fingerprint density at radius 2 is 1.93 bits per heavy atom. The predicted octanol–water partition coefficient (Wildman–Crippen LogP) is 2.24. The van der Waals surface area contributed by atoms with Gasteiger partial charge >= 0.3 is 0 Å². The number of aromatic nitrogens is 2. The highest BCUT2D eigenvalue weighted by Gasteiger charge is 2.16. The third-order valence-electron chi connectivity index (χ3n) is 2.01. The van der Waals surface area contributed by atoms with Crippen LogP contribution in [-0.2, 0) is 0 Å². The van der Waals surface area contributed by atoms with Crippen molar-refractivity contribution in [2.24, 2.45) is 11.7 Å². The summed E-state index contributed by atoms with van der Waals surface area (Å²) in [5.41, 5.74) is 5.92. The van der Waals surface area contributed by atoms with E-state index in [9.17, 15) is 0 Å². The lowest BCUT2D eigenvalue weighted by Gasteiger charge is -2.08. The average molecular weight is 197 g/mol. The molecular formula is C10H19N3O. The lowest BCUT2D eigenvalue weighted by Crippen LogP contribution is -2.14. The topological polar surface area (TPSA) is 64.9 Å². The molecule has 1 aromatic rings. The molecule has 0 bridgehead atoms. The predicted molar refractivity (Wildman–Crippen MR) is 54.8 cm³/mol. The van der Waals surface area contributed by atoms with E-state index in [0.717, 1.165) is 6.42 Å². The highest BCUT2D eigenvalue weighted by atomic mass is 16.5. The van der Waals surface area contributed by atoms with Crippen molar-refractivity contribution < 1.29 is 4.52 Å². The molecule has 0 aromatic carbocycles. The average Bonchev–Trinajstić information content (AvgIpc) is 2.50. The van der Waals surface area contributed by atoms with Crippen molar-refractivity contribution in [3.63, 3.8) is 0 Å². The lowest BCUT2D eigenvalue weighted by atomic mass is 10.0. The van der Waals surface area contributed by atoms with Gasteiger partial charge in [-0.2, -0.15) is 4.98 Å². The van der Waals surface area contributed by atoms with Crippen LogP contribution in [0.15, 0.2) is 4.52 Å². The largest absolute Gasteiger partial charge is 0.339 e. The summed E-state index contributed by atoms with van der Waals surface area (Å²) in [5.74, 6) is 2.11. The van der Waals surface area contributed by atoms with Gasteiger partial charge in [0, 0.05) is 5.92 Å². The van der Waals surface area contributed by atoms with Crippen LogP contribution in [-0.4, -0.2) is 10.1 Å². The summed E-state index contributed by atoms with van der Waals surface area (Å²) in [6.45, 7) is 8.29. The maximum atomic E-state index is 5.92. The van der Waals surface area contributed by atoms with Gasteiger partial charge in [-0.05, 0) is 12.3 Å². The second kappa shape index (κ2) is 4.55. The van der Waals surface area contributed by atoms with Gasteiger partial charge in [-0.25, -0.2) is 0 Å². The second-order valence-corrected chi connectivity index (χ2v) is 4.38. The molecular weight excluding hydrogens is 178 g/mol. The van der Waals surface area contributed by atoms with E-state index >= 15 is 0 Å². The molecule has 4 nitrogen and oxygen atoms in total. The van der Waals surface area contributed by atoms with Gasteiger partial charge in [-0.15, -0.1) is 0 Å². The minimum Gasteiger partial charge on any atom is -0.339 e. The summed E-state index contributed by atoms with van der Waals surface area (Å²) in [7, 11) is 0. The van der Waals surface area contributed by atoms with Gasteiger partial charge in [0.15, 0.2) is 5.82 Å². The molecule has 0 spiro atoms. The van der Waals surface area contributed by atoms with Gasteiger partial charge < -0.3 is 10.3 Å². The first-order valence-electron chi connectivity index (χ1n) is 5.09. The van der Waals surface area contributed by atoms with Gasteiger partial charge in [-0.1, -0.05) is 32.9 Å². The van der Waals surface area contributed by atoms with Crippen LogP contribution in [0.1, 0.15) is 57.8 Å². The van der Waals surface area contributed by atoms with Crippen LogP contribution in [0.2, 0.25) is 0 Å². The van der Waals surface area contributed by atoms with Gasteiger partial charge in [0.05, 0.1) is 6.04 Å². The molecule has 1 unspecified atom stereocenters. The van der Waals surface area contributed by atoms with Gasteiger partial charge in [0.2, 0.25) is 5.89 Å². The Kier molecular flexibility index (Phi) is 3.63. The first kappa shape index (κ1) is 11.2. The van der Waals surface area contributed by atoms with Crippen molar-refractivity contribution in [1.29, 1.82) is 0 Å². The number of rotatable bonds is 4. The van der Waals surface area contributed by atoms with E-state index < -0.39 is 0 Å². The molecule has 0 saturated carbocycles. The fourth-order valence-electron chi connectivity index (χ4n) is 1.25. The van der Waals surface area contributed by atoms with Crippen LogP contribution in [0.3, 0.4) is 0 Å². The first-order chi connectivity index (χ1) is 6.50. The van der Waals surface area contributed by atoms with Crippen molar-refractivity contribution in [1.82, 2.24) is 10.1 Å². The smallest absolute Gasteiger partial charge is 0.229 e. The number of nitrogens with zero attached hydrogens (tertiary/aromatic N) is 2. The third kappa shape index (κ3) is 2.80. The SMILES string of the molecule is CC(C)CC(N)c1noc(C(C)C)n1. The Morgan fingerprint density at radius 3 is 2.36 bits per heavy atom.